The summed E-state index contributed by atoms with van der Waals surface area (Å²) in [5, 5.41) is 6.73. The van der Waals surface area contributed by atoms with E-state index in [4.69, 9.17) is 17.3 Å². The lowest BCUT2D eigenvalue weighted by atomic mass is 10.2. The van der Waals surface area contributed by atoms with E-state index in [1.807, 2.05) is 18.3 Å². The largest absolute Gasteiger partial charge is 0.368 e. The van der Waals surface area contributed by atoms with Gasteiger partial charge in [0.1, 0.15) is 11.6 Å². The van der Waals surface area contributed by atoms with Crippen LogP contribution >= 0.6 is 11.6 Å². The minimum Gasteiger partial charge on any atom is -0.368 e. The zero-order valence-corrected chi connectivity index (χ0v) is 17.8. The van der Waals surface area contributed by atoms with Crippen LogP contribution in [0.2, 0.25) is 5.02 Å². The van der Waals surface area contributed by atoms with Crippen LogP contribution in [0.5, 0.6) is 0 Å². The van der Waals surface area contributed by atoms with Crippen LogP contribution in [0.15, 0.2) is 49.1 Å². The molecule has 0 spiro atoms. The average molecular weight is 439 g/mol. The number of nitrogens with zero attached hydrogens (tertiary/aromatic N) is 5. The summed E-state index contributed by atoms with van der Waals surface area (Å²) in [6, 6.07) is 7.27. The van der Waals surface area contributed by atoms with Crippen molar-refractivity contribution in [2.75, 3.05) is 48.8 Å². The lowest BCUT2D eigenvalue weighted by Crippen LogP contribution is -2.44. The molecule has 3 aromatic heterocycles. The van der Waals surface area contributed by atoms with Gasteiger partial charge in [-0.15, -0.1) is 0 Å². The third-order valence-corrected chi connectivity index (χ3v) is 5.41. The number of carbonyl (C=O) groups is 1. The Morgan fingerprint density at radius 1 is 1.00 bits per heavy atom. The summed E-state index contributed by atoms with van der Waals surface area (Å²) < 4.78 is 0. The fourth-order valence-electron chi connectivity index (χ4n) is 3.28. The number of pyridine rings is 3. The zero-order chi connectivity index (χ0) is 21.8. The molecule has 0 unspecified atom stereocenters. The van der Waals surface area contributed by atoms with E-state index in [1.54, 1.807) is 24.5 Å². The van der Waals surface area contributed by atoms with E-state index in [-0.39, 0.29) is 5.56 Å². The number of aromatic nitrogens is 3. The Morgan fingerprint density at radius 3 is 2.45 bits per heavy atom. The van der Waals surface area contributed by atoms with Gasteiger partial charge in [0.05, 0.1) is 40.0 Å². The summed E-state index contributed by atoms with van der Waals surface area (Å²) >= 11 is 6.20. The number of anilines is 5. The van der Waals surface area contributed by atoms with Crippen LogP contribution in [0.1, 0.15) is 10.4 Å². The van der Waals surface area contributed by atoms with Crippen LogP contribution in [-0.2, 0) is 0 Å². The fraction of sp³-hybridized carbons (Fsp3) is 0.238. The second kappa shape index (κ2) is 9.15. The van der Waals surface area contributed by atoms with Crippen molar-refractivity contribution < 1.29 is 4.79 Å². The molecule has 31 heavy (non-hydrogen) atoms. The number of piperazine rings is 1. The molecule has 3 aromatic rings. The maximum absolute atomic E-state index is 11.8. The molecule has 1 fully saturated rings. The highest BCUT2D eigenvalue weighted by Gasteiger charge is 2.15. The molecule has 160 valence electrons. The Kier molecular flexibility index (Phi) is 6.15. The van der Waals surface area contributed by atoms with Crippen molar-refractivity contribution in [1.29, 1.82) is 0 Å². The SMILES string of the molecule is CN1CCN(c2ccc(Nc3cc(Nc4cnccc4Cl)c(C(N)=O)cn3)nc2)CC1. The summed E-state index contributed by atoms with van der Waals surface area (Å²) in [4.78, 5) is 29.3. The van der Waals surface area contributed by atoms with Crippen LogP contribution in [0, 0.1) is 0 Å². The van der Waals surface area contributed by atoms with E-state index < -0.39 is 5.91 Å². The number of amides is 1. The van der Waals surface area contributed by atoms with Crippen molar-refractivity contribution in [2.45, 2.75) is 0 Å². The van der Waals surface area contributed by atoms with Gasteiger partial charge in [-0.2, -0.15) is 0 Å². The molecule has 0 bridgehead atoms. The van der Waals surface area contributed by atoms with E-state index in [0.717, 1.165) is 31.9 Å². The van der Waals surface area contributed by atoms with Gasteiger partial charge in [-0.25, -0.2) is 9.97 Å². The first kappa shape index (κ1) is 20.8. The van der Waals surface area contributed by atoms with Crippen LogP contribution < -0.4 is 21.3 Å². The number of carbonyl (C=O) groups excluding carboxylic acids is 1. The third-order valence-electron chi connectivity index (χ3n) is 5.08. The van der Waals surface area contributed by atoms with Crippen LogP contribution in [0.4, 0.5) is 28.7 Å². The molecule has 1 aliphatic heterocycles. The fourth-order valence-corrected chi connectivity index (χ4v) is 3.43. The first-order valence-electron chi connectivity index (χ1n) is 9.82. The highest BCUT2D eigenvalue weighted by Crippen LogP contribution is 2.28. The van der Waals surface area contributed by atoms with Crippen molar-refractivity contribution in [3.8, 4) is 0 Å². The minimum atomic E-state index is -0.601. The van der Waals surface area contributed by atoms with Gasteiger partial charge in [0.15, 0.2) is 0 Å². The van der Waals surface area contributed by atoms with Crippen molar-refractivity contribution >= 4 is 46.2 Å². The van der Waals surface area contributed by atoms with E-state index >= 15 is 0 Å². The Balaban J connectivity index is 1.52. The Morgan fingerprint density at radius 2 is 1.77 bits per heavy atom. The first-order valence-corrected chi connectivity index (χ1v) is 10.2. The second-order valence-corrected chi connectivity index (χ2v) is 7.68. The highest BCUT2D eigenvalue weighted by atomic mass is 35.5. The molecule has 1 saturated heterocycles. The smallest absolute Gasteiger partial charge is 0.252 e. The predicted octanol–water partition coefficient (Wildman–Crippen LogP) is 2.86. The number of primary amides is 1. The number of halogens is 1. The van der Waals surface area contributed by atoms with Gasteiger partial charge < -0.3 is 26.2 Å². The van der Waals surface area contributed by atoms with Gasteiger partial charge in [0.25, 0.3) is 5.91 Å². The lowest BCUT2D eigenvalue weighted by Gasteiger charge is -2.33. The number of hydrogen-bond acceptors (Lipinski definition) is 8. The molecular weight excluding hydrogens is 416 g/mol. The van der Waals surface area contributed by atoms with E-state index in [9.17, 15) is 4.79 Å². The third kappa shape index (κ3) is 5.01. The molecule has 0 aromatic carbocycles. The molecule has 10 heteroatoms. The molecule has 0 atom stereocenters. The van der Waals surface area contributed by atoms with Crippen LogP contribution in [-0.4, -0.2) is 59.0 Å². The Labute approximate surface area is 185 Å². The maximum atomic E-state index is 11.8. The molecular formula is C21H23ClN8O. The van der Waals surface area contributed by atoms with E-state index in [0.29, 0.717) is 28.0 Å². The van der Waals surface area contributed by atoms with Crippen molar-refractivity contribution in [1.82, 2.24) is 19.9 Å². The maximum Gasteiger partial charge on any atom is 0.252 e. The number of rotatable bonds is 6. The van der Waals surface area contributed by atoms with Crippen LogP contribution in [0.25, 0.3) is 0 Å². The molecule has 0 radical (unpaired) electrons. The van der Waals surface area contributed by atoms with Gasteiger partial charge in [-0.1, -0.05) is 11.6 Å². The molecule has 0 saturated carbocycles. The Hall–Kier alpha value is -3.43. The summed E-state index contributed by atoms with van der Waals surface area (Å²) in [5.41, 5.74) is 7.84. The van der Waals surface area contributed by atoms with Gasteiger partial charge in [-0.05, 0) is 25.2 Å². The monoisotopic (exact) mass is 438 g/mol. The van der Waals surface area contributed by atoms with E-state index in [2.05, 4.69) is 42.4 Å². The first-order chi connectivity index (χ1) is 15.0. The molecule has 1 aliphatic rings. The highest BCUT2D eigenvalue weighted by molar-refractivity contribution is 6.33. The minimum absolute atomic E-state index is 0.240. The average Bonchev–Trinajstić information content (AvgIpc) is 2.76. The molecule has 0 aliphatic carbocycles. The summed E-state index contributed by atoms with van der Waals surface area (Å²) in [6.45, 7) is 4.03. The quantitative estimate of drug-likeness (QED) is 0.538. The summed E-state index contributed by atoms with van der Waals surface area (Å²) in [6.07, 6.45) is 6.41. The number of nitrogens with one attached hydrogen (secondary N) is 2. The molecule has 4 heterocycles. The van der Waals surface area contributed by atoms with Crippen molar-refractivity contribution in [3.63, 3.8) is 0 Å². The van der Waals surface area contributed by atoms with Gasteiger partial charge in [0, 0.05) is 44.6 Å². The van der Waals surface area contributed by atoms with E-state index in [1.165, 1.54) is 6.20 Å². The molecule has 1 amide bonds. The summed E-state index contributed by atoms with van der Waals surface area (Å²) in [5.74, 6) is 0.547. The molecule has 4 N–H and O–H groups in total. The van der Waals surface area contributed by atoms with Crippen molar-refractivity contribution in [3.05, 3.63) is 59.6 Å². The standard InChI is InChI=1S/C21H23ClN8O/c1-29-6-8-30(9-7-29)14-2-3-19(25-11-14)28-20-10-17(15(12-26-20)21(23)31)27-18-13-24-5-4-16(18)22/h2-5,10-13H,6-9H2,1H3,(H2,23,31)(H2,25,26,27,28). The van der Waals surface area contributed by atoms with Gasteiger partial charge in [-0.3, -0.25) is 9.78 Å². The second-order valence-electron chi connectivity index (χ2n) is 7.28. The molecule has 4 rings (SSSR count). The predicted molar refractivity (Wildman–Crippen MR) is 123 cm³/mol. The van der Waals surface area contributed by atoms with Crippen LogP contribution in [0.3, 0.4) is 0 Å². The Bertz CT molecular complexity index is 1070. The number of likely N-dealkylation sites (N-methyl/N-ethyl adjacent to an activating group) is 1. The number of hydrogen-bond donors (Lipinski definition) is 3. The number of nitrogens with two attached hydrogens (primary N) is 1. The summed E-state index contributed by atoms with van der Waals surface area (Å²) in [7, 11) is 2.13. The van der Waals surface area contributed by atoms with Gasteiger partial charge >= 0.3 is 0 Å². The topological polar surface area (TPSA) is 112 Å². The zero-order valence-electron chi connectivity index (χ0n) is 17.0. The lowest BCUT2D eigenvalue weighted by molar-refractivity contribution is 0.100. The molecule has 9 nitrogen and oxygen atoms in total. The van der Waals surface area contributed by atoms with Crippen molar-refractivity contribution in [2.24, 2.45) is 5.73 Å². The van der Waals surface area contributed by atoms with Gasteiger partial charge in [0.2, 0.25) is 0 Å². The normalized spacial score (nSPS) is 14.3.